The van der Waals surface area contributed by atoms with Crippen molar-refractivity contribution in [1.82, 2.24) is 0 Å². The van der Waals surface area contributed by atoms with Crippen molar-refractivity contribution in [3.05, 3.63) is 11.6 Å². The van der Waals surface area contributed by atoms with Crippen LogP contribution in [-0.4, -0.2) is 18.4 Å². The van der Waals surface area contributed by atoms with Crippen molar-refractivity contribution >= 4 is 12.3 Å². The van der Waals surface area contributed by atoms with Crippen LogP contribution in [0.4, 0.5) is 0 Å². The number of ether oxygens (including phenoxy) is 1. The van der Waals surface area contributed by atoms with Gasteiger partial charge in [-0.1, -0.05) is 39.3 Å². The summed E-state index contributed by atoms with van der Waals surface area (Å²) >= 11 is 0. The first-order valence-corrected chi connectivity index (χ1v) is 11.5. The molecule has 4 aliphatic carbocycles. The van der Waals surface area contributed by atoms with Gasteiger partial charge in [-0.2, -0.15) is 0 Å². The lowest BCUT2D eigenvalue weighted by atomic mass is 9.46. The van der Waals surface area contributed by atoms with Crippen LogP contribution in [0.25, 0.3) is 0 Å². The highest BCUT2D eigenvalue weighted by Crippen LogP contribution is 2.67. The standard InChI is InChI=1S/C25H38O3/c1-15-10-11-24(4)18(12-15)6-7-19-21-9-8-20(16(2)14-26)25(21,5)23(13-22(19)24)28-17(3)27/h6,14-16,19-23H,7-13H2,1-5H3/t15-,16+,19-,20?,21-,22-,23+,24-,25+/m0/s1. The van der Waals surface area contributed by atoms with Gasteiger partial charge in [-0.3, -0.25) is 4.79 Å². The normalized spacial score (nSPS) is 48.5. The van der Waals surface area contributed by atoms with Crippen molar-refractivity contribution in [2.75, 3.05) is 0 Å². The van der Waals surface area contributed by atoms with Gasteiger partial charge in [-0.05, 0) is 80.0 Å². The predicted molar refractivity (Wildman–Crippen MR) is 111 cm³/mol. The van der Waals surface area contributed by atoms with E-state index in [0.717, 1.165) is 25.0 Å². The van der Waals surface area contributed by atoms with Gasteiger partial charge < -0.3 is 9.53 Å². The number of carbonyl (C=O) groups is 2. The molecule has 4 aliphatic rings. The third-order valence-corrected chi connectivity index (χ3v) is 9.65. The second-order valence-electron chi connectivity index (χ2n) is 11.0. The van der Waals surface area contributed by atoms with E-state index in [0.29, 0.717) is 23.7 Å². The van der Waals surface area contributed by atoms with Crippen LogP contribution in [0.2, 0.25) is 0 Å². The molecule has 28 heavy (non-hydrogen) atoms. The Morgan fingerprint density at radius 3 is 2.68 bits per heavy atom. The Kier molecular flexibility index (Phi) is 5.03. The maximum atomic E-state index is 12.1. The molecule has 0 aromatic carbocycles. The first-order chi connectivity index (χ1) is 13.2. The summed E-state index contributed by atoms with van der Waals surface area (Å²) < 4.78 is 6.05. The SMILES string of the molecule is CC(=O)O[C@@H]1C[C@H]2[C@@H](CC=C3C[C@@H](C)CC[C@@]32C)[C@@H]2CCC([C@H](C)C=O)[C@@]12C. The molecule has 0 aromatic rings. The smallest absolute Gasteiger partial charge is 0.302 e. The highest BCUT2D eigenvalue weighted by atomic mass is 16.5. The van der Waals surface area contributed by atoms with E-state index in [-0.39, 0.29) is 28.8 Å². The van der Waals surface area contributed by atoms with Crippen molar-refractivity contribution < 1.29 is 14.3 Å². The van der Waals surface area contributed by atoms with Crippen LogP contribution in [0.3, 0.4) is 0 Å². The highest BCUT2D eigenvalue weighted by Gasteiger charge is 2.63. The van der Waals surface area contributed by atoms with E-state index in [2.05, 4.69) is 33.8 Å². The molecule has 0 radical (unpaired) electrons. The average molecular weight is 387 g/mol. The number of rotatable bonds is 3. The molecule has 0 bridgehead atoms. The Morgan fingerprint density at radius 1 is 1.25 bits per heavy atom. The summed E-state index contributed by atoms with van der Waals surface area (Å²) in [4.78, 5) is 23.7. The maximum Gasteiger partial charge on any atom is 0.302 e. The lowest BCUT2D eigenvalue weighted by molar-refractivity contribution is -0.179. The Bertz CT molecular complexity index is 681. The van der Waals surface area contributed by atoms with E-state index in [9.17, 15) is 9.59 Å². The first-order valence-electron chi connectivity index (χ1n) is 11.5. The third kappa shape index (κ3) is 2.82. The summed E-state index contributed by atoms with van der Waals surface area (Å²) in [5, 5.41) is 0. The molecule has 4 rings (SSSR count). The summed E-state index contributed by atoms with van der Waals surface area (Å²) in [5.74, 6) is 2.81. The molecule has 3 saturated carbocycles. The molecule has 3 heteroatoms. The van der Waals surface area contributed by atoms with Crippen LogP contribution in [0.5, 0.6) is 0 Å². The Hall–Kier alpha value is -1.12. The van der Waals surface area contributed by atoms with Gasteiger partial charge in [0.1, 0.15) is 12.4 Å². The number of carbonyl (C=O) groups excluding carboxylic acids is 2. The summed E-state index contributed by atoms with van der Waals surface area (Å²) in [6, 6.07) is 0. The predicted octanol–water partition coefficient (Wildman–Crippen LogP) is 5.58. The number of allylic oxidation sites excluding steroid dienone is 2. The quantitative estimate of drug-likeness (QED) is 0.361. The van der Waals surface area contributed by atoms with Crippen molar-refractivity contribution in [3.63, 3.8) is 0 Å². The summed E-state index contributed by atoms with van der Waals surface area (Å²) in [5.41, 5.74) is 1.87. The van der Waals surface area contributed by atoms with Gasteiger partial charge in [0.25, 0.3) is 0 Å². The van der Waals surface area contributed by atoms with Gasteiger partial charge in [0.2, 0.25) is 0 Å². The second-order valence-corrected chi connectivity index (χ2v) is 11.0. The molecule has 3 fully saturated rings. The number of hydrogen-bond donors (Lipinski definition) is 0. The fourth-order valence-electron chi connectivity index (χ4n) is 8.15. The van der Waals surface area contributed by atoms with E-state index >= 15 is 0 Å². The van der Waals surface area contributed by atoms with E-state index in [4.69, 9.17) is 4.74 Å². The molecular formula is C25H38O3. The zero-order valence-corrected chi connectivity index (χ0v) is 18.4. The Balaban J connectivity index is 1.74. The van der Waals surface area contributed by atoms with Gasteiger partial charge in [-0.25, -0.2) is 0 Å². The zero-order chi connectivity index (χ0) is 20.3. The molecule has 0 aromatic heterocycles. The monoisotopic (exact) mass is 386 g/mol. The maximum absolute atomic E-state index is 12.1. The molecule has 0 N–H and O–H groups in total. The van der Waals surface area contributed by atoms with Crippen molar-refractivity contribution in [2.45, 2.75) is 85.7 Å². The third-order valence-electron chi connectivity index (χ3n) is 9.65. The van der Waals surface area contributed by atoms with Crippen molar-refractivity contribution in [2.24, 2.45) is 46.3 Å². The number of aldehydes is 1. The van der Waals surface area contributed by atoms with Crippen molar-refractivity contribution in [1.29, 1.82) is 0 Å². The molecule has 0 saturated heterocycles. The van der Waals surface area contributed by atoms with Crippen LogP contribution in [0.1, 0.15) is 79.6 Å². The van der Waals surface area contributed by atoms with Gasteiger partial charge in [0, 0.05) is 18.3 Å². The van der Waals surface area contributed by atoms with E-state index in [1.807, 2.05) is 0 Å². The minimum atomic E-state index is -0.165. The summed E-state index contributed by atoms with van der Waals surface area (Å²) in [7, 11) is 0. The lowest BCUT2D eigenvalue weighted by Gasteiger charge is -2.60. The first kappa shape index (κ1) is 20.2. The average Bonchev–Trinajstić information content (AvgIpc) is 3.00. The topological polar surface area (TPSA) is 43.4 Å². The van der Waals surface area contributed by atoms with E-state index in [1.54, 1.807) is 12.5 Å². The minimum Gasteiger partial charge on any atom is -0.462 e. The molecule has 0 spiro atoms. The summed E-state index contributed by atoms with van der Waals surface area (Å²) in [6.07, 6.45) is 11.9. The van der Waals surface area contributed by atoms with E-state index < -0.39 is 0 Å². The Morgan fingerprint density at radius 2 is 2.00 bits per heavy atom. The van der Waals surface area contributed by atoms with Crippen molar-refractivity contribution in [3.8, 4) is 0 Å². The Labute approximate surface area is 170 Å². The largest absolute Gasteiger partial charge is 0.462 e. The van der Waals surface area contributed by atoms with Gasteiger partial charge in [-0.15, -0.1) is 0 Å². The highest BCUT2D eigenvalue weighted by molar-refractivity contribution is 5.66. The fraction of sp³-hybridized carbons (Fsp3) is 0.840. The zero-order valence-electron chi connectivity index (χ0n) is 18.4. The summed E-state index contributed by atoms with van der Waals surface area (Å²) in [6.45, 7) is 10.8. The number of esters is 1. The van der Waals surface area contributed by atoms with Crippen LogP contribution in [0, 0.1) is 46.3 Å². The molecule has 156 valence electrons. The van der Waals surface area contributed by atoms with Crippen LogP contribution in [-0.2, 0) is 14.3 Å². The molecular weight excluding hydrogens is 348 g/mol. The van der Waals surface area contributed by atoms with Crippen LogP contribution >= 0.6 is 0 Å². The molecule has 9 atom stereocenters. The van der Waals surface area contributed by atoms with Gasteiger partial charge in [0.05, 0.1) is 0 Å². The fourth-order valence-corrected chi connectivity index (χ4v) is 8.15. The van der Waals surface area contributed by atoms with Gasteiger partial charge in [0.15, 0.2) is 0 Å². The second kappa shape index (κ2) is 6.99. The lowest BCUT2D eigenvalue weighted by Crippen LogP contribution is -2.57. The van der Waals surface area contributed by atoms with Gasteiger partial charge >= 0.3 is 5.97 Å². The molecule has 3 nitrogen and oxygen atoms in total. The number of fused-ring (bicyclic) bond motifs is 5. The van der Waals surface area contributed by atoms with E-state index in [1.165, 1.54) is 32.1 Å². The number of hydrogen-bond acceptors (Lipinski definition) is 3. The minimum absolute atomic E-state index is 0.0328. The molecule has 0 aliphatic heterocycles. The van der Waals surface area contributed by atoms with Crippen LogP contribution < -0.4 is 0 Å². The molecule has 1 unspecified atom stereocenters. The molecule has 0 heterocycles. The molecule has 0 amide bonds. The van der Waals surface area contributed by atoms with Crippen LogP contribution in [0.15, 0.2) is 11.6 Å².